The maximum absolute atomic E-state index is 11.1. The summed E-state index contributed by atoms with van der Waals surface area (Å²) in [4.78, 5) is 11.8. The topological polar surface area (TPSA) is 66.9 Å². The molecule has 0 aromatic heterocycles. The Morgan fingerprint density at radius 2 is 2.31 bits per heavy atom. The molecule has 4 heteroatoms. The van der Waals surface area contributed by atoms with Gasteiger partial charge in [-0.1, -0.05) is 0 Å². The zero-order valence-electron chi connectivity index (χ0n) is 7.07. The maximum atomic E-state index is 11.1. The molecular weight excluding hydrogens is 184 g/mol. The number of hydrogen-bond donors (Lipinski definition) is 1. The maximum Gasteiger partial charge on any atom is 0.161 e. The van der Waals surface area contributed by atoms with Crippen molar-refractivity contribution in [1.82, 2.24) is 0 Å². The molecule has 0 aliphatic carbocycles. The molecule has 0 heterocycles. The minimum Gasteiger partial charge on any atom is -0.399 e. The molecule has 0 unspecified atom stereocenters. The number of benzene rings is 1. The van der Waals surface area contributed by atoms with Crippen LogP contribution in [0, 0.1) is 10.7 Å². The van der Waals surface area contributed by atoms with Crippen LogP contribution >= 0.6 is 11.8 Å². The summed E-state index contributed by atoms with van der Waals surface area (Å²) in [5.74, 6) is -0.0787. The normalized spacial score (nSPS) is 9.23. The molecule has 0 bridgehead atoms. The quantitative estimate of drug-likeness (QED) is 0.337. The fraction of sp³-hybridized carbons (Fsp3) is 0.111. The Morgan fingerprint density at radius 3 is 2.85 bits per heavy atom. The lowest BCUT2D eigenvalue weighted by Gasteiger charge is -2.02. The summed E-state index contributed by atoms with van der Waals surface area (Å²) in [7, 11) is 0. The fourth-order valence-electron chi connectivity index (χ4n) is 0.961. The van der Waals surface area contributed by atoms with E-state index in [1.54, 1.807) is 18.2 Å². The summed E-state index contributed by atoms with van der Waals surface area (Å²) in [5.41, 5.74) is 6.56. The van der Waals surface area contributed by atoms with Gasteiger partial charge in [-0.25, -0.2) is 0 Å². The van der Waals surface area contributed by atoms with Crippen LogP contribution in [0.2, 0.25) is 0 Å². The first kappa shape index (κ1) is 9.62. The van der Waals surface area contributed by atoms with E-state index in [1.165, 1.54) is 6.92 Å². The monoisotopic (exact) mass is 192 g/mol. The van der Waals surface area contributed by atoms with Crippen molar-refractivity contribution >= 4 is 23.2 Å². The van der Waals surface area contributed by atoms with Crippen LogP contribution in [-0.4, -0.2) is 5.78 Å². The van der Waals surface area contributed by atoms with E-state index in [2.05, 4.69) is 0 Å². The first-order chi connectivity index (χ1) is 6.15. The van der Waals surface area contributed by atoms with Gasteiger partial charge in [0.05, 0.1) is 0 Å². The van der Waals surface area contributed by atoms with Gasteiger partial charge in [0.15, 0.2) is 5.78 Å². The van der Waals surface area contributed by atoms with E-state index in [1.807, 2.05) is 5.40 Å². The first-order valence-electron chi connectivity index (χ1n) is 3.61. The van der Waals surface area contributed by atoms with Crippen LogP contribution < -0.4 is 5.73 Å². The van der Waals surface area contributed by atoms with Crippen molar-refractivity contribution in [2.45, 2.75) is 11.8 Å². The molecule has 0 aliphatic heterocycles. The number of thiocyanates is 1. The molecule has 0 aliphatic rings. The lowest BCUT2D eigenvalue weighted by Crippen LogP contribution is -1.96. The minimum atomic E-state index is -0.0787. The highest BCUT2D eigenvalue weighted by Gasteiger charge is 2.07. The van der Waals surface area contributed by atoms with Crippen LogP contribution in [0.4, 0.5) is 5.69 Å². The number of anilines is 1. The number of thioether (sulfide) groups is 1. The Bertz CT molecular complexity index is 382. The van der Waals surface area contributed by atoms with Crippen LogP contribution in [-0.2, 0) is 0 Å². The van der Waals surface area contributed by atoms with Crippen molar-refractivity contribution in [2.24, 2.45) is 0 Å². The van der Waals surface area contributed by atoms with Crippen LogP contribution in [0.1, 0.15) is 17.3 Å². The molecule has 1 rings (SSSR count). The third-order valence-corrected chi connectivity index (χ3v) is 2.21. The van der Waals surface area contributed by atoms with Gasteiger partial charge in [-0.3, -0.25) is 4.79 Å². The molecule has 0 atom stereocenters. The molecule has 0 spiro atoms. The van der Waals surface area contributed by atoms with E-state index in [-0.39, 0.29) is 5.78 Å². The van der Waals surface area contributed by atoms with Gasteiger partial charge in [0, 0.05) is 16.1 Å². The van der Waals surface area contributed by atoms with Gasteiger partial charge < -0.3 is 5.73 Å². The second-order valence-corrected chi connectivity index (χ2v) is 3.33. The molecule has 0 saturated heterocycles. The summed E-state index contributed by atoms with van der Waals surface area (Å²) in [6.45, 7) is 1.45. The highest BCUT2D eigenvalue weighted by atomic mass is 32.2. The lowest BCUT2D eigenvalue weighted by molar-refractivity contribution is 0.101. The van der Waals surface area contributed by atoms with Gasteiger partial charge in [0.1, 0.15) is 5.40 Å². The van der Waals surface area contributed by atoms with E-state index in [0.29, 0.717) is 16.1 Å². The Balaban J connectivity index is 3.20. The van der Waals surface area contributed by atoms with E-state index in [0.717, 1.165) is 11.8 Å². The molecule has 0 fully saturated rings. The number of nitrogens with two attached hydrogens (primary N) is 1. The number of nitrogens with zero attached hydrogens (tertiary/aromatic N) is 1. The molecule has 0 saturated carbocycles. The summed E-state index contributed by atoms with van der Waals surface area (Å²) in [5, 5.41) is 10.4. The molecule has 13 heavy (non-hydrogen) atoms. The highest BCUT2D eigenvalue weighted by Crippen LogP contribution is 2.24. The van der Waals surface area contributed by atoms with Crippen molar-refractivity contribution in [1.29, 1.82) is 5.26 Å². The molecule has 2 N–H and O–H groups in total. The molecule has 3 nitrogen and oxygen atoms in total. The van der Waals surface area contributed by atoms with E-state index in [9.17, 15) is 4.79 Å². The molecule has 0 radical (unpaired) electrons. The Hall–Kier alpha value is -1.47. The van der Waals surface area contributed by atoms with Gasteiger partial charge in [-0.05, 0) is 36.9 Å². The third kappa shape index (κ3) is 2.23. The molecular formula is C9H8N2OS. The van der Waals surface area contributed by atoms with Crippen LogP contribution in [0.25, 0.3) is 0 Å². The third-order valence-electron chi connectivity index (χ3n) is 1.54. The van der Waals surface area contributed by atoms with E-state index in [4.69, 9.17) is 11.0 Å². The van der Waals surface area contributed by atoms with E-state index < -0.39 is 0 Å². The number of carbonyl (C=O) groups excluding carboxylic acids is 1. The zero-order valence-corrected chi connectivity index (χ0v) is 7.89. The number of nitrogen functional groups attached to an aromatic ring is 1. The van der Waals surface area contributed by atoms with Gasteiger partial charge in [-0.2, -0.15) is 5.26 Å². The Kier molecular flexibility index (Phi) is 2.93. The summed E-state index contributed by atoms with van der Waals surface area (Å²) >= 11 is 0.968. The predicted octanol–water partition coefficient (Wildman–Crippen LogP) is 2.04. The van der Waals surface area contributed by atoms with Crippen molar-refractivity contribution in [3.8, 4) is 5.40 Å². The lowest BCUT2D eigenvalue weighted by atomic mass is 10.1. The summed E-state index contributed by atoms with van der Waals surface area (Å²) in [6.07, 6.45) is 0. The second kappa shape index (κ2) is 3.97. The van der Waals surface area contributed by atoms with Crippen molar-refractivity contribution in [2.75, 3.05) is 5.73 Å². The first-order valence-corrected chi connectivity index (χ1v) is 4.43. The van der Waals surface area contributed by atoms with Crippen LogP contribution in [0.15, 0.2) is 23.1 Å². The van der Waals surface area contributed by atoms with Crippen LogP contribution in [0.5, 0.6) is 0 Å². The van der Waals surface area contributed by atoms with Crippen LogP contribution in [0.3, 0.4) is 0 Å². The van der Waals surface area contributed by atoms with Crippen molar-refractivity contribution in [3.05, 3.63) is 23.8 Å². The van der Waals surface area contributed by atoms with Gasteiger partial charge in [-0.15, -0.1) is 0 Å². The van der Waals surface area contributed by atoms with Gasteiger partial charge in [0.2, 0.25) is 0 Å². The number of nitriles is 1. The minimum absolute atomic E-state index is 0.0787. The summed E-state index contributed by atoms with van der Waals surface area (Å²) in [6, 6.07) is 4.94. The molecule has 1 aromatic carbocycles. The Morgan fingerprint density at radius 1 is 1.62 bits per heavy atom. The van der Waals surface area contributed by atoms with Crippen molar-refractivity contribution in [3.63, 3.8) is 0 Å². The number of ketones is 1. The number of carbonyl (C=O) groups is 1. The Labute approximate surface area is 80.5 Å². The second-order valence-electron chi connectivity index (χ2n) is 2.51. The molecule has 0 amide bonds. The summed E-state index contributed by atoms with van der Waals surface area (Å²) < 4.78 is 0. The number of rotatable bonds is 2. The fourth-order valence-corrected chi connectivity index (χ4v) is 1.51. The molecule has 1 aromatic rings. The van der Waals surface area contributed by atoms with Gasteiger partial charge >= 0.3 is 0 Å². The highest BCUT2D eigenvalue weighted by molar-refractivity contribution is 8.03. The van der Waals surface area contributed by atoms with Crippen molar-refractivity contribution < 1.29 is 4.79 Å². The SMILES string of the molecule is CC(=O)c1cc(N)ccc1SC#N. The average Bonchev–Trinajstić information content (AvgIpc) is 2.08. The number of Topliss-reactive ketones (excluding diaryl/α,β-unsaturated/α-hetero) is 1. The molecule has 66 valence electrons. The number of hydrogen-bond acceptors (Lipinski definition) is 4. The predicted molar refractivity (Wildman–Crippen MR) is 52.3 cm³/mol. The van der Waals surface area contributed by atoms with E-state index >= 15 is 0 Å². The standard InChI is InChI=1S/C9H8N2OS/c1-6(12)8-4-7(11)2-3-9(8)13-5-10/h2-4H,11H2,1H3. The zero-order chi connectivity index (χ0) is 9.84. The largest absolute Gasteiger partial charge is 0.399 e. The average molecular weight is 192 g/mol. The smallest absolute Gasteiger partial charge is 0.161 e. The van der Waals surface area contributed by atoms with Gasteiger partial charge in [0.25, 0.3) is 0 Å².